The predicted molar refractivity (Wildman–Crippen MR) is 66.8 cm³/mol. The fourth-order valence-electron chi connectivity index (χ4n) is 1.47. The normalized spacial score (nSPS) is 10.3. The first kappa shape index (κ1) is 12.0. The van der Waals surface area contributed by atoms with Crippen LogP contribution in [0.3, 0.4) is 0 Å². The Balaban J connectivity index is 2.41. The van der Waals surface area contributed by atoms with Crippen LogP contribution in [0.5, 0.6) is 17.4 Å². The molecule has 2 aromatic rings. The second-order valence-electron chi connectivity index (χ2n) is 3.61. The molecule has 0 aliphatic carbocycles. The van der Waals surface area contributed by atoms with Crippen molar-refractivity contribution in [1.82, 2.24) is 9.55 Å². The number of nitrogens with zero attached hydrogens (tertiary/aromatic N) is 2. The van der Waals surface area contributed by atoms with Crippen LogP contribution in [-0.4, -0.2) is 14.7 Å². The number of phenolic OH excluding ortho intramolecular Hbond substituents is 1. The molecule has 3 N–H and O–H groups in total. The number of aromatic hydroxyl groups is 1. The number of para-hydroxylation sites is 1. The zero-order chi connectivity index (χ0) is 13.1. The van der Waals surface area contributed by atoms with Gasteiger partial charge in [0.25, 0.3) is 5.88 Å². The number of aryl methyl sites for hydroxylation is 1. The number of aromatic nitrogens is 2. The van der Waals surface area contributed by atoms with Gasteiger partial charge in [0.05, 0.1) is 0 Å². The van der Waals surface area contributed by atoms with Gasteiger partial charge < -0.3 is 20.1 Å². The summed E-state index contributed by atoms with van der Waals surface area (Å²) in [5, 5.41) is 9.44. The van der Waals surface area contributed by atoms with E-state index in [0.717, 1.165) is 0 Å². The molecule has 0 bridgehead atoms. The summed E-state index contributed by atoms with van der Waals surface area (Å²) >= 11 is 0. The number of hydrogen-bond donors (Lipinski definition) is 2. The maximum atomic E-state index is 11.9. The van der Waals surface area contributed by atoms with Crippen LogP contribution >= 0.6 is 0 Å². The Labute approximate surface area is 103 Å². The average molecular weight is 247 g/mol. The lowest BCUT2D eigenvalue weighted by molar-refractivity contribution is 0.438. The summed E-state index contributed by atoms with van der Waals surface area (Å²) in [6.07, 6.45) is 3.04. The third kappa shape index (κ3) is 2.13. The monoisotopic (exact) mass is 247 g/mol. The van der Waals surface area contributed by atoms with E-state index >= 15 is 0 Å². The van der Waals surface area contributed by atoms with Gasteiger partial charge in [-0.15, -0.1) is 0 Å². The van der Waals surface area contributed by atoms with Gasteiger partial charge >= 0.3 is 5.56 Å². The molecule has 6 nitrogen and oxygen atoms in total. The van der Waals surface area contributed by atoms with E-state index in [9.17, 15) is 9.90 Å². The fraction of sp³-hybridized carbons (Fsp3) is 0.167. The molecular weight excluding hydrogens is 234 g/mol. The highest BCUT2D eigenvalue weighted by molar-refractivity contribution is 5.62. The highest BCUT2D eigenvalue weighted by Gasteiger charge is 2.10. The Kier molecular flexibility index (Phi) is 3.18. The first-order chi connectivity index (χ1) is 8.63. The number of nitrogens with two attached hydrogens (primary N) is 1. The van der Waals surface area contributed by atoms with Gasteiger partial charge in [-0.05, 0) is 19.1 Å². The van der Waals surface area contributed by atoms with Crippen LogP contribution in [0, 0.1) is 0 Å². The minimum absolute atomic E-state index is 0.0725. The summed E-state index contributed by atoms with van der Waals surface area (Å²) in [5.41, 5.74) is 5.37. The molecule has 0 atom stereocenters. The largest absolute Gasteiger partial charge is 0.506 e. The molecule has 0 aliphatic rings. The topological polar surface area (TPSA) is 90.4 Å². The van der Waals surface area contributed by atoms with E-state index in [4.69, 9.17) is 10.5 Å². The summed E-state index contributed by atoms with van der Waals surface area (Å²) in [6, 6.07) is 4.56. The molecule has 0 radical (unpaired) electrons. The molecule has 94 valence electrons. The molecule has 6 heteroatoms. The number of rotatable bonds is 3. The van der Waals surface area contributed by atoms with Crippen molar-refractivity contribution in [3.8, 4) is 17.4 Å². The molecule has 0 fully saturated rings. The van der Waals surface area contributed by atoms with Gasteiger partial charge in [0, 0.05) is 18.9 Å². The maximum Gasteiger partial charge on any atom is 0.313 e. The van der Waals surface area contributed by atoms with Crippen LogP contribution in [-0.2, 0) is 6.54 Å². The van der Waals surface area contributed by atoms with Crippen molar-refractivity contribution in [3.63, 3.8) is 0 Å². The molecule has 18 heavy (non-hydrogen) atoms. The van der Waals surface area contributed by atoms with E-state index < -0.39 is 0 Å². The van der Waals surface area contributed by atoms with Gasteiger partial charge in [0.2, 0.25) is 0 Å². The first-order valence-electron chi connectivity index (χ1n) is 5.44. The molecule has 0 saturated carbocycles. The van der Waals surface area contributed by atoms with Gasteiger partial charge in [-0.1, -0.05) is 6.07 Å². The second kappa shape index (κ2) is 4.79. The van der Waals surface area contributed by atoms with Gasteiger partial charge in [0.1, 0.15) is 11.4 Å². The van der Waals surface area contributed by atoms with Gasteiger partial charge in [0.15, 0.2) is 5.75 Å². The number of nitrogen functional groups attached to an aromatic ring is 1. The zero-order valence-electron chi connectivity index (χ0n) is 9.83. The Morgan fingerprint density at radius 2 is 2.28 bits per heavy atom. The van der Waals surface area contributed by atoms with Crippen LogP contribution < -0.4 is 16.0 Å². The van der Waals surface area contributed by atoms with Crippen molar-refractivity contribution in [1.29, 1.82) is 0 Å². The van der Waals surface area contributed by atoms with Crippen LogP contribution in [0.4, 0.5) is 5.69 Å². The first-order valence-corrected chi connectivity index (χ1v) is 5.44. The van der Waals surface area contributed by atoms with Crippen LogP contribution in [0.1, 0.15) is 6.92 Å². The van der Waals surface area contributed by atoms with Crippen molar-refractivity contribution in [2.75, 3.05) is 5.73 Å². The third-order valence-electron chi connectivity index (χ3n) is 2.47. The summed E-state index contributed by atoms with van der Waals surface area (Å²) < 4.78 is 6.79. The summed E-state index contributed by atoms with van der Waals surface area (Å²) in [5.74, 6) is 0.0318. The van der Waals surface area contributed by atoms with E-state index in [1.165, 1.54) is 16.8 Å². The summed E-state index contributed by atoms with van der Waals surface area (Å²) in [4.78, 5) is 15.7. The van der Waals surface area contributed by atoms with Gasteiger partial charge in [-0.3, -0.25) is 4.79 Å². The van der Waals surface area contributed by atoms with Crippen molar-refractivity contribution < 1.29 is 9.84 Å². The van der Waals surface area contributed by atoms with Crippen molar-refractivity contribution in [2.45, 2.75) is 13.5 Å². The number of ether oxygens (including phenoxy) is 1. The van der Waals surface area contributed by atoms with E-state index in [1.54, 1.807) is 18.3 Å². The number of anilines is 1. The van der Waals surface area contributed by atoms with Crippen LogP contribution in [0.15, 0.2) is 35.4 Å². The Morgan fingerprint density at radius 1 is 1.50 bits per heavy atom. The lowest BCUT2D eigenvalue weighted by atomic mass is 10.3. The van der Waals surface area contributed by atoms with Crippen molar-refractivity contribution in [2.24, 2.45) is 0 Å². The molecular formula is C12H13N3O3. The Morgan fingerprint density at radius 3 is 3.00 bits per heavy atom. The molecule has 1 aromatic heterocycles. The number of phenols is 1. The third-order valence-corrected chi connectivity index (χ3v) is 2.47. The Hall–Kier alpha value is -2.50. The molecule has 0 aliphatic heterocycles. The lowest BCUT2D eigenvalue weighted by Crippen LogP contribution is -2.20. The molecule has 2 rings (SSSR count). The summed E-state index contributed by atoms with van der Waals surface area (Å²) in [7, 11) is 0. The van der Waals surface area contributed by atoms with Crippen LogP contribution in [0.2, 0.25) is 0 Å². The SMILES string of the molecule is CCn1ccnc(Oc2cccc(O)c2N)c1=O. The van der Waals surface area contributed by atoms with Crippen LogP contribution in [0.25, 0.3) is 0 Å². The molecule has 0 saturated heterocycles. The number of benzene rings is 1. The maximum absolute atomic E-state index is 11.9. The smallest absolute Gasteiger partial charge is 0.313 e. The Bertz CT molecular complexity index is 622. The minimum Gasteiger partial charge on any atom is -0.506 e. The van der Waals surface area contributed by atoms with E-state index in [2.05, 4.69) is 4.98 Å². The highest BCUT2D eigenvalue weighted by atomic mass is 16.5. The average Bonchev–Trinajstić information content (AvgIpc) is 2.37. The van der Waals surface area contributed by atoms with E-state index in [-0.39, 0.29) is 28.6 Å². The van der Waals surface area contributed by atoms with E-state index in [1.807, 2.05) is 6.92 Å². The predicted octanol–water partition coefficient (Wildman–Crippen LogP) is 1.34. The summed E-state index contributed by atoms with van der Waals surface area (Å²) in [6.45, 7) is 2.36. The molecule has 0 unspecified atom stereocenters. The molecule has 1 heterocycles. The lowest BCUT2D eigenvalue weighted by Gasteiger charge is -2.09. The standard InChI is InChI=1S/C12H13N3O3/c1-2-15-7-6-14-11(12(15)17)18-9-5-3-4-8(16)10(9)13/h3-7,16H,2,13H2,1H3. The molecule has 0 amide bonds. The zero-order valence-corrected chi connectivity index (χ0v) is 9.83. The second-order valence-corrected chi connectivity index (χ2v) is 3.61. The number of hydrogen-bond acceptors (Lipinski definition) is 5. The van der Waals surface area contributed by atoms with Crippen molar-refractivity contribution in [3.05, 3.63) is 40.9 Å². The van der Waals surface area contributed by atoms with E-state index in [0.29, 0.717) is 6.54 Å². The molecule has 0 spiro atoms. The van der Waals surface area contributed by atoms with Gasteiger partial charge in [-0.2, -0.15) is 0 Å². The van der Waals surface area contributed by atoms with Crippen molar-refractivity contribution >= 4 is 5.69 Å². The van der Waals surface area contributed by atoms with Gasteiger partial charge in [-0.25, -0.2) is 4.98 Å². The quantitative estimate of drug-likeness (QED) is 0.631. The fourth-order valence-corrected chi connectivity index (χ4v) is 1.47. The molecule has 1 aromatic carbocycles. The highest BCUT2D eigenvalue weighted by Crippen LogP contribution is 2.31. The minimum atomic E-state index is -0.345.